The zero-order valence-corrected chi connectivity index (χ0v) is 16.5. The van der Waals surface area contributed by atoms with Crippen LogP contribution in [0.15, 0.2) is 6.07 Å². The van der Waals surface area contributed by atoms with Crippen molar-refractivity contribution < 1.29 is 9.90 Å². The SMILES string of the molecule is Cn1c2c(c3c(CC#N)cc(Cl)c(Cl)c31)CC(=O)NCC2CC(C)(C)O. The van der Waals surface area contributed by atoms with Gasteiger partial charge in [0.15, 0.2) is 0 Å². The summed E-state index contributed by atoms with van der Waals surface area (Å²) in [6, 6.07) is 3.88. The predicted molar refractivity (Wildman–Crippen MR) is 103 cm³/mol. The summed E-state index contributed by atoms with van der Waals surface area (Å²) in [6.45, 7) is 3.96. The molecule has 2 aromatic rings. The maximum absolute atomic E-state index is 12.3. The quantitative estimate of drug-likeness (QED) is 0.837. The van der Waals surface area contributed by atoms with Crippen LogP contribution in [0.5, 0.6) is 0 Å². The molecule has 1 aromatic carbocycles. The van der Waals surface area contributed by atoms with E-state index in [1.807, 2.05) is 11.6 Å². The fraction of sp³-hybridized carbons (Fsp3) is 0.474. The highest BCUT2D eigenvalue weighted by atomic mass is 35.5. The van der Waals surface area contributed by atoms with Crippen LogP contribution in [0.2, 0.25) is 10.0 Å². The van der Waals surface area contributed by atoms with E-state index in [1.54, 1.807) is 19.9 Å². The van der Waals surface area contributed by atoms with Gasteiger partial charge in [-0.1, -0.05) is 23.2 Å². The molecule has 0 spiro atoms. The van der Waals surface area contributed by atoms with E-state index in [0.717, 1.165) is 27.7 Å². The molecule has 2 N–H and O–H groups in total. The fourth-order valence-corrected chi connectivity index (χ4v) is 4.52. The molecule has 3 rings (SSSR count). The third-order valence-electron chi connectivity index (χ3n) is 4.87. The Morgan fingerprint density at radius 2 is 2.15 bits per heavy atom. The molecule has 1 aliphatic rings. The van der Waals surface area contributed by atoms with Gasteiger partial charge in [-0.05, 0) is 37.5 Å². The number of aliphatic hydroxyl groups is 1. The first-order valence-corrected chi connectivity index (χ1v) is 9.23. The lowest BCUT2D eigenvalue weighted by molar-refractivity contribution is -0.120. The molecule has 0 radical (unpaired) electrons. The minimum Gasteiger partial charge on any atom is -0.390 e. The molecular formula is C19H21Cl2N3O2. The molecule has 1 atom stereocenters. The number of halogens is 2. The molecule has 5 nitrogen and oxygen atoms in total. The van der Waals surface area contributed by atoms with Crippen LogP contribution in [0.4, 0.5) is 0 Å². The maximum Gasteiger partial charge on any atom is 0.224 e. The molecule has 0 bridgehead atoms. The summed E-state index contributed by atoms with van der Waals surface area (Å²) in [5.41, 5.74) is 2.46. The Morgan fingerprint density at radius 1 is 1.46 bits per heavy atom. The highest BCUT2D eigenvalue weighted by Crippen LogP contribution is 2.42. The monoisotopic (exact) mass is 393 g/mol. The van der Waals surface area contributed by atoms with Crippen molar-refractivity contribution in [2.24, 2.45) is 7.05 Å². The van der Waals surface area contributed by atoms with Gasteiger partial charge in [-0.2, -0.15) is 5.26 Å². The topological polar surface area (TPSA) is 78.0 Å². The van der Waals surface area contributed by atoms with Gasteiger partial charge < -0.3 is 15.0 Å². The van der Waals surface area contributed by atoms with Crippen molar-refractivity contribution in [1.82, 2.24) is 9.88 Å². The fourth-order valence-electron chi connectivity index (χ4n) is 4.02. The average molecular weight is 394 g/mol. The van der Waals surface area contributed by atoms with Crippen LogP contribution >= 0.6 is 23.2 Å². The molecule has 1 unspecified atom stereocenters. The Hall–Kier alpha value is -1.74. The first-order valence-electron chi connectivity index (χ1n) is 8.48. The maximum atomic E-state index is 12.3. The second-order valence-corrected chi connectivity index (χ2v) is 8.29. The Bertz CT molecular complexity index is 935. The van der Waals surface area contributed by atoms with Gasteiger partial charge in [-0.15, -0.1) is 0 Å². The Labute approximate surface area is 162 Å². The zero-order valence-electron chi connectivity index (χ0n) is 15.0. The molecular weight excluding hydrogens is 373 g/mol. The highest BCUT2D eigenvalue weighted by molar-refractivity contribution is 6.45. The van der Waals surface area contributed by atoms with Gasteiger partial charge in [0.25, 0.3) is 0 Å². The molecule has 2 heterocycles. The van der Waals surface area contributed by atoms with Crippen molar-refractivity contribution in [1.29, 1.82) is 5.26 Å². The molecule has 138 valence electrons. The number of rotatable bonds is 3. The van der Waals surface area contributed by atoms with E-state index in [1.165, 1.54) is 0 Å². The standard InChI is InChI=1S/C19H21Cl2N3O2/c1-19(2,26)8-11-9-23-14(25)7-12-15-10(4-5-22)6-13(20)16(21)18(15)24(3)17(11)12/h6,11,26H,4,7-9H2,1-3H3,(H,23,25). The first kappa shape index (κ1) is 19.0. The van der Waals surface area contributed by atoms with E-state index in [-0.39, 0.29) is 24.7 Å². The predicted octanol–water partition coefficient (Wildman–Crippen LogP) is 3.47. The number of nitrogens with zero attached hydrogens (tertiary/aromatic N) is 2. The van der Waals surface area contributed by atoms with Gasteiger partial charge in [0, 0.05) is 30.6 Å². The number of carbonyl (C=O) groups excluding carboxylic acids is 1. The van der Waals surface area contributed by atoms with Crippen LogP contribution in [-0.4, -0.2) is 27.7 Å². The second kappa shape index (κ2) is 6.77. The summed E-state index contributed by atoms with van der Waals surface area (Å²) >= 11 is 12.8. The normalized spacial score (nSPS) is 17.6. The number of fused-ring (bicyclic) bond motifs is 3. The van der Waals surface area contributed by atoms with Gasteiger partial charge >= 0.3 is 0 Å². The van der Waals surface area contributed by atoms with E-state index >= 15 is 0 Å². The van der Waals surface area contributed by atoms with Crippen molar-refractivity contribution in [3.05, 3.63) is 32.9 Å². The van der Waals surface area contributed by atoms with E-state index < -0.39 is 5.60 Å². The number of nitrogens with one attached hydrogen (secondary N) is 1. The summed E-state index contributed by atoms with van der Waals surface area (Å²) in [5, 5.41) is 24.1. The number of benzene rings is 1. The molecule has 1 aromatic heterocycles. The molecule has 0 aliphatic carbocycles. The molecule has 1 amide bonds. The summed E-state index contributed by atoms with van der Waals surface area (Å²) < 4.78 is 1.97. The zero-order chi connectivity index (χ0) is 19.2. The van der Waals surface area contributed by atoms with E-state index in [4.69, 9.17) is 23.2 Å². The minimum atomic E-state index is -0.885. The highest BCUT2D eigenvalue weighted by Gasteiger charge is 2.33. The lowest BCUT2D eigenvalue weighted by Crippen LogP contribution is -2.31. The molecule has 26 heavy (non-hydrogen) atoms. The van der Waals surface area contributed by atoms with Crippen molar-refractivity contribution >= 4 is 40.0 Å². The van der Waals surface area contributed by atoms with E-state index in [2.05, 4.69) is 11.4 Å². The summed E-state index contributed by atoms with van der Waals surface area (Å²) in [7, 11) is 1.90. The molecule has 0 saturated carbocycles. The largest absolute Gasteiger partial charge is 0.390 e. The minimum absolute atomic E-state index is 0.0707. The summed E-state index contributed by atoms with van der Waals surface area (Å²) in [5.74, 6) is -0.149. The number of aryl methyl sites for hydroxylation is 1. The van der Waals surface area contributed by atoms with Crippen molar-refractivity contribution in [2.75, 3.05) is 6.54 Å². The van der Waals surface area contributed by atoms with Crippen LogP contribution in [-0.2, 0) is 24.7 Å². The summed E-state index contributed by atoms with van der Waals surface area (Å²) in [6.07, 6.45) is 0.885. The van der Waals surface area contributed by atoms with Crippen LogP contribution in [0, 0.1) is 11.3 Å². The van der Waals surface area contributed by atoms with Gasteiger partial charge in [0.05, 0.1) is 40.1 Å². The third kappa shape index (κ3) is 3.29. The Kier molecular flexibility index (Phi) is 4.96. The smallest absolute Gasteiger partial charge is 0.224 e. The number of hydrogen-bond donors (Lipinski definition) is 2. The number of amides is 1. The molecule has 0 saturated heterocycles. The Morgan fingerprint density at radius 3 is 2.77 bits per heavy atom. The first-order chi connectivity index (χ1) is 12.1. The average Bonchev–Trinajstić information content (AvgIpc) is 2.70. The van der Waals surface area contributed by atoms with Crippen LogP contribution < -0.4 is 5.32 Å². The van der Waals surface area contributed by atoms with Crippen LogP contribution in [0.25, 0.3) is 10.9 Å². The van der Waals surface area contributed by atoms with Gasteiger partial charge in [0.2, 0.25) is 5.91 Å². The lowest BCUT2D eigenvalue weighted by atomic mass is 9.88. The summed E-state index contributed by atoms with van der Waals surface area (Å²) in [4.78, 5) is 12.3. The van der Waals surface area contributed by atoms with Crippen molar-refractivity contribution in [2.45, 2.75) is 44.6 Å². The molecule has 0 fully saturated rings. The van der Waals surface area contributed by atoms with Crippen molar-refractivity contribution in [3.8, 4) is 6.07 Å². The number of nitriles is 1. The van der Waals surface area contributed by atoms with Gasteiger partial charge in [-0.3, -0.25) is 4.79 Å². The number of aromatic nitrogens is 1. The van der Waals surface area contributed by atoms with E-state index in [9.17, 15) is 15.2 Å². The third-order valence-corrected chi connectivity index (χ3v) is 5.65. The number of carbonyl (C=O) groups is 1. The molecule has 1 aliphatic heterocycles. The van der Waals surface area contributed by atoms with Crippen LogP contribution in [0.3, 0.4) is 0 Å². The lowest BCUT2D eigenvalue weighted by Gasteiger charge is -2.25. The number of hydrogen-bond acceptors (Lipinski definition) is 3. The van der Waals surface area contributed by atoms with E-state index in [0.29, 0.717) is 23.0 Å². The van der Waals surface area contributed by atoms with Gasteiger partial charge in [0.1, 0.15) is 0 Å². The second-order valence-electron chi connectivity index (χ2n) is 7.51. The Balaban J connectivity index is 2.36. The van der Waals surface area contributed by atoms with Crippen LogP contribution in [0.1, 0.15) is 43.0 Å². The molecule has 7 heteroatoms. The van der Waals surface area contributed by atoms with Crippen molar-refractivity contribution in [3.63, 3.8) is 0 Å². The van der Waals surface area contributed by atoms with Gasteiger partial charge in [-0.25, -0.2) is 0 Å².